The van der Waals surface area contributed by atoms with Gasteiger partial charge in [-0.2, -0.15) is 0 Å². The van der Waals surface area contributed by atoms with Gasteiger partial charge in [0.1, 0.15) is 13.2 Å². The molecule has 0 spiro atoms. The molecule has 0 radical (unpaired) electrons. The molecule has 0 aliphatic carbocycles. The first-order valence-corrected chi connectivity index (χ1v) is 30.2. The zero-order valence-electron chi connectivity index (χ0n) is 45.5. The van der Waals surface area contributed by atoms with Crippen LogP contribution >= 0.6 is 0 Å². The number of rotatable bonds is 56. The van der Waals surface area contributed by atoms with E-state index in [-0.39, 0.29) is 31.1 Å². The zero-order chi connectivity index (χ0) is 48.6. The Morgan fingerprint density at radius 3 is 0.746 bits per heavy atom. The van der Waals surface area contributed by atoms with Gasteiger partial charge in [-0.05, 0) is 44.9 Å². The summed E-state index contributed by atoms with van der Waals surface area (Å²) >= 11 is 0. The quantitative estimate of drug-likeness (QED) is 0.0262. The van der Waals surface area contributed by atoms with Crippen molar-refractivity contribution in [2.45, 2.75) is 348 Å². The maximum absolute atomic E-state index is 12.8. The lowest BCUT2D eigenvalue weighted by Gasteiger charge is -2.18. The van der Waals surface area contributed by atoms with E-state index in [0.717, 1.165) is 70.6 Å². The van der Waals surface area contributed by atoms with E-state index in [2.05, 4.69) is 32.9 Å². The molecule has 0 rings (SSSR count). The van der Waals surface area contributed by atoms with Gasteiger partial charge in [0, 0.05) is 19.3 Å². The highest BCUT2D eigenvalue weighted by molar-refractivity contribution is 5.71. The molecule has 6 nitrogen and oxygen atoms in total. The Morgan fingerprint density at radius 1 is 0.284 bits per heavy atom. The van der Waals surface area contributed by atoms with E-state index in [1.807, 2.05) is 0 Å². The first kappa shape index (κ1) is 65.1. The van der Waals surface area contributed by atoms with Gasteiger partial charge in [-0.1, -0.05) is 290 Å². The summed E-state index contributed by atoms with van der Waals surface area (Å²) in [7, 11) is 0. The summed E-state index contributed by atoms with van der Waals surface area (Å²) in [5, 5.41) is 0. The van der Waals surface area contributed by atoms with Crippen LogP contribution in [0.25, 0.3) is 0 Å². The SMILES string of the molecule is CCCCCCCCC/C=C\CCCCCCCC(=O)OC(COC(=O)CCCCCCC)COC(=O)CCCCCCCCCCCCCCCCCCCCCCCCCCCCCC. The van der Waals surface area contributed by atoms with Crippen LogP contribution in [0.4, 0.5) is 0 Å². The number of esters is 3. The molecule has 0 aromatic heterocycles. The third-order valence-corrected chi connectivity index (χ3v) is 13.8. The smallest absolute Gasteiger partial charge is 0.306 e. The lowest BCUT2D eigenvalue weighted by atomic mass is 10.0. The van der Waals surface area contributed by atoms with Gasteiger partial charge >= 0.3 is 17.9 Å². The summed E-state index contributed by atoms with van der Waals surface area (Å²) in [5.74, 6) is -0.871. The van der Waals surface area contributed by atoms with E-state index >= 15 is 0 Å². The minimum Gasteiger partial charge on any atom is -0.462 e. The van der Waals surface area contributed by atoms with Gasteiger partial charge < -0.3 is 14.2 Å². The summed E-state index contributed by atoms with van der Waals surface area (Å²) < 4.78 is 16.7. The van der Waals surface area contributed by atoms with E-state index in [0.29, 0.717) is 19.3 Å². The highest BCUT2D eigenvalue weighted by atomic mass is 16.6. The fourth-order valence-electron chi connectivity index (χ4n) is 9.21. The summed E-state index contributed by atoms with van der Waals surface area (Å²) in [6.07, 6.45) is 65.6. The molecule has 0 bridgehead atoms. The van der Waals surface area contributed by atoms with Crippen LogP contribution in [0, 0.1) is 0 Å². The van der Waals surface area contributed by atoms with Gasteiger partial charge in [-0.15, -0.1) is 0 Å². The number of carbonyl (C=O) groups is 3. The molecule has 0 amide bonds. The van der Waals surface area contributed by atoms with Crippen LogP contribution < -0.4 is 0 Å². The average Bonchev–Trinajstić information content (AvgIpc) is 3.33. The van der Waals surface area contributed by atoms with E-state index in [1.165, 1.54) is 231 Å². The molecule has 0 N–H and O–H groups in total. The second-order valence-electron chi connectivity index (χ2n) is 20.6. The summed E-state index contributed by atoms with van der Waals surface area (Å²) in [6.45, 7) is 6.60. The van der Waals surface area contributed by atoms with Crippen LogP contribution in [0.5, 0.6) is 0 Å². The number of hydrogen-bond donors (Lipinski definition) is 0. The summed E-state index contributed by atoms with van der Waals surface area (Å²) in [6, 6.07) is 0. The maximum Gasteiger partial charge on any atom is 0.306 e. The predicted octanol–water partition coefficient (Wildman–Crippen LogP) is 20.1. The Kier molecular flexibility index (Phi) is 55.2. The Labute approximate surface area is 418 Å². The largest absolute Gasteiger partial charge is 0.462 e. The van der Waals surface area contributed by atoms with Crippen molar-refractivity contribution in [3.63, 3.8) is 0 Å². The fraction of sp³-hybridized carbons (Fsp3) is 0.918. The molecule has 0 heterocycles. The molecule has 0 aromatic carbocycles. The topological polar surface area (TPSA) is 78.9 Å². The second-order valence-corrected chi connectivity index (χ2v) is 20.6. The fourth-order valence-corrected chi connectivity index (χ4v) is 9.21. The van der Waals surface area contributed by atoms with Crippen LogP contribution in [0.3, 0.4) is 0 Å². The molecule has 6 heteroatoms. The molecule has 0 aliphatic heterocycles. The van der Waals surface area contributed by atoms with Crippen LogP contribution in [-0.2, 0) is 28.6 Å². The summed E-state index contributed by atoms with van der Waals surface area (Å²) in [5.41, 5.74) is 0. The zero-order valence-corrected chi connectivity index (χ0v) is 45.5. The first-order valence-electron chi connectivity index (χ1n) is 30.2. The van der Waals surface area contributed by atoms with E-state index < -0.39 is 6.10 Å². The van der Waals surface area contributed by atoms with E-state index in [1.54, 1.807) is 0 Å². The minimum atomic E-state index is -0.767. The molecule has 0 saturated carbocycles. The van der Waals surface area contributed by atoms with E-state index in [9.17, 15) is 14.4 Å². The van der Waals surface area contributed by atoms with Crippen LogP contribution in [0.1, 0.15) is 342 Å². The molecular formula is C61H116O6. The Morgan fingerprint density at radius 2 is 0.493 bits per heavy atom. The Bertz CT molecular complexity index is 1040. The monoisotopic (exact) mass is 945 g/mol. The molecule has 0 aromatic rings. The highest BCUT2D eigenvalue weighted by Gasteiger charge is 2.19. The van der Waals surface area contributed by atoms with Crippen molar-refractivity contribution in [2.24, 2.45) is 0 Å². The van der Waals surface area contributed by atoms with Crippen molar-refractivity contribution >= 4 is 17.9 Å². The van der Waals surface area contributed by atoms with Crippen molar-refractivity contribution < 1.29 is 28.6 Å². The van der Waals surface area contributed by atoms with Gasteiger partial charge in [0.05, 0.1) is 0 Å². The number of ether oxygens (including phenoxy) is 3. The van der Waals surface area contributed by atoms with Crippen LogP contribution in [0.2, 0.25) is 0 Å². The van der Waals surface area contributed by atoms with E-state index in [4.69, 9.17) is 14.2 Å². The first-order chi connectivity index (χ1) is 33.0. The van der Waals surface area contributed by atoms with Crippen molar-refractivity contribution in [3.8, 4) is 0 Å². The third kappa shape index (κ3) is 55.0. The van der Waals surface area contributed by atoms with Crippen molar-refractivity contribution in [3.05, 3.63) is 12.2 Å². The van der Waals surface area contributed by atoms with Crippen molar-refractivity contribution in [1.82, 2.24) is 0 Å². The highest BCUT2D eigenvalue weighted by Crippen LogP contribution is 2.18. The lowest BCUT2D eigenvalue weighted by Crippen LogP contribution is -2.30. The molecule has 1 unspecified atom stereocenters. The molecule has 0 aliphatic rings. The third-order valence-electron chi connectivity index (χ3n) is 13.8. The molecule has 396 valence electrons. The molecule has 0 fully saturated rings. The lowest BCUT2D eigenvalue weighted by molar-refractivity contribution is -0.167. The van der Waals surface area contributed by atoms with Gasteiger partial charge in [-0.25, -0.2) is 0 Å². The van der Waals surface area contributed by atoms with Gasteiger partial charge in [0.25, 0.3) is 0 Å². The molecular weight excluding hydrogens is 829 g/mol. The van der Waals surface area contributed by atoms with Crippen molar-refractivity contribution in [2.75, 3.05) is 13.2 Å². The number of hydrogen-bond acceptors (Lipinski definition) is 6. The van der Waals surface area contributed by atoms with Crippen molar-refractivity contribution in [1.29, 1.82) is 0 Å². The maximum atomic E-state index is 12.8. The van der Waals surface area contributed by atoms with Gasteiger partial charge in [0.2, 0.25) is 0 Å². The second kappa shape index (κ2) is 56.7. The standard InChI is InChI=1S/C61H116O6/c1-4-7-10-13-15-17-19-21-23-25-26-27-28-29-30-31-32-33-34-35-36-38-39-41-43-45-48-51-54-60(63)66-57-58(56-65-59(62)53-50-47-12-9-6-3)67-61(64)55-52-49-46-44-42-40-37-24-22-20-18-16-14-11-8-5-2/h24,37,58H,4-23,25-36,38-57H2,1-3H3/b37-24-. The predicted molar refractivity (Wildman–Crippen MR) is 289 cm³/mol. The molecule has 1 atom stereocenters. The van der Waals surface area contributed by atoms with Crippen LogP contribution in [0.15, 0.2) is 12.2 Å². The Balaban J connectivity index is 3.94. The number of carbonyl (C=O) groups excluding carboxylic acids is 3. The van der Waals surface area contributed by atoms with Gasteiger partial charge in [0.15, 0.2) is 6.10 Å². The van der Waals surface area contributed by atoms with Crippen LogP contribution in [-0.4, -0.2) is 37.2 Å². The molecule has 0 saturated heterocycles. The normalized spacial score (nSPS) is 12.0. The summed E-state index contributed by atoms with van der Waals surface area (Å²) in [4.78, 5) is 37.8. The number of allylic oxidation sites excluding steroid dienone is 2. The average molecular weight is 946 g/mol. The Hall–Kier alpha value is -1.85. The number of unbranched alkanes of at least 4 members (excludes halogenated alkanes) is 43. The minimum absolute atomic E-state index is 0.0691. The molecule has 67 heavy (non-hydrogen) atoms. The van der Waals surface area contributed by atoms with Gasteiger partial charge in [-0.3, -0.25) is 14.4 Å².